The van der Waals surface area contributed by atoms with Crippen molar-refractivity contribution in [2.75, 3.05) is 0 Å². The van der Waals surface area contributed by atoms with Crippen molar-refractivity contribution >= 4 is 15.9 Å². The Morgan fingerprint density at radius 3 is 2.93 bits per heavy atom. The number of hydrogen-bond acceptors (Lipinski definition) is 3. The lowest BCUT2D eigenvalue weighted by atomic mass is 10.1. The molecule has 0 unspecified atom stereocenters. The van der Waals surface area contributed by atoms with Crippen LogP contribution in [-0.4, -0.2) is 5.16 Å². The summed E-state index contributed by atoms with van der Waals surface area (Å²) in [5.74, 6) is 0.641. The molecule has 0 amide bonds. The van der Waals surface area contributed by atoms with Crippen LogP contribution in [0.1, 0.15) is 5.56 Å². The van der Waals surface area contributed by atoms with Gasteiger partial charge in [-0.2, -0.15) is 5.26 Å². The van der Waals surface area contributed by atoms with Crippen molar-refractivity contribution < 1.29 is 4.52 Å². The Morgan fingerprint density at radius 1 is 1.43 bits per heavy atom. The van der Waals surface area contributed by atoms with Crippen LogP contribution in [0.15, 0.2) is 39.5 Å². The summed E-state index contributed by atoms with van der Waals surface area (Å²) < 4.78 is 5.83. The van der Waals surface area contributed by atoms with E-state index >= 15 is 0 Å². The van der Waals surface area contributed by atoms with Gasteiger partial charge in [0.15, 0.2) is 5.76 Å². The van der Waals surface area contributed by atoms with Gasteiger partial charge in [0.2, 0.25) is 0 Å². The molecule has 68 valence electrons. The van der Waals surface area contributed by atoms with Crippen molar-refractivity contribution in [1.29, 1.82) is 5.26 Å². The standard InChI is InChI=1S/C10H5BrN2O/c11-9-6-13-14-10(9)8-3-1-2-7(4-8)5-12/h1-4,6H. The smallest absolute Gasteiger partial charge is 0.181 e. The lowest BCUT2D eigenvalue weighted by Gasteiger charge is -1.96. The van der Waals surface area contributed by atoms with Crippen LogP contribution in [0, 0.1) is 11.3 Å². The summed E-state index contributed by atoms with van der Waals surface area (Å²) >= 11 is 3.31. The first kappa shape index (κ1) is 8.97. The topological polar surface area (TPSA) is 49.8 Å². The number of nitriles is 1. The zero-order valence-corrected chi connectivity index (χ0v) is 8.65. The van der Waals surface area contributed by atoms with E-state index in [2.05, 4.69) is 27.2 Å². The predicted octanol–water partition coefficient (Wildman–Crippen LogP) is 2.98. The van der Waals surface area contributed by atoms with Crippen LogP contribution in [0.3, 0.4) is 0 Å². The first-order valence-electron chi connectivity index (χ1n) is 3.92. The van der Waals surface area contributed by atoms with Gasteiger partial charge in [-0.1, -0.05) is 17.3 Å². The molecule has 0 spiro atoms. The Kier molecular flexibility index (Phi) is 2.33. The molecule has 1 aromatic carbocycles. The van der Waals surface area contributed by atoms with Crippen LogP contribution in [0.25, 0.3) is 11.3 Å². The fraction of sp³-hybridized carbons (Fsp3) is 0. The lowest BCUT2D eigenvalue weighted by molar-refractivity contribution is 0.432. The minimum Gasteiger partial charge on any atom is -0.355 e. The zero-order chi connectivity index (χ0) is 9.97. The highest BCUT2D eigenvalue weighted by molar-refractivity contribution is 9.10. The fourth-order valence-electron chi connectivity index (χ4n) is 1.15. The minimum absolute atomic E-state index is 0.603. The average molecular weight is 249 g/mol. The summed E-state index contributed by atoms with van der Waals surface area (Å²) in [6.45, 7) is 0. The molecule has 0 aliphatic carbocycles. The van der Waals surface area contributed by atoms with E-state index in [1.807, 2.05) is 12.1 Å². The molecule has 1 aromatic heterocycles. The highest BCUT2D eigenvalue weighted by atomic mass is 79.9. The van der Waals surface area contributed by atoms with Crippen LogP contribution in [0.2, 0.25) is 0 Å². The van der Waals surface area contributed by atoms with Crippen LogP contribution in [0.5, 0.6) is 0 Å². The van der Waals surface area contributed by atoms with Crippen LogP contribution < -0.4 is 0 Å². The molecule has 0 aliphatic heterocycles. The van der Waals surface area contributed by atoms with Crippen LogP contribution in [0.4, 0.5) is 0 Å². The average Bonchev–Trinajstić information content (AvgIpc) is 2.65. The largest absolute Gasteiger partial charge is 0.355 e. The van der Waals surface area contributed by atoms with Crippen molar-refractivity contribution in [2.24, 2.45) is 0 Å². The third-order valence-electron chi connectivity index (χ3n) is 1.78. The molecule has 0 aliphatic rings. The van der Waals surface area contributed by atoms with Gasteiger partial charge in [-0.3, -0.25) is 0 Å². The maximum Gasteiger partial charge on any atom is 0.181 e. The van der Waals surface area contributed by atoms with Gasteiger partial charge >= 0.3 is 0 Å². The van der Waals surface area contributed by atoms with E-state index in [0.29, 0.717) is 11.3 Å². The molecule has 2 rings (SSSR count). The number of hydrogen-bond donors (Lipinski definition) is 0. The van der Waals surface area contributed by atoms with Gasteiger partial charge in [-0.15, -0.1) is 0 Å². The molecule has 0 fully saturated rings. The van der Waals surface area contributed by atoms with Gasteiger partial charge < -0.3 is 4.52 Å². The maximum atomic E-state index is 8.72. The van der Waals surface area contributed by atoms with Crippen molar-refractivity contribution in [3.05, 3.63) is 40.5 Å². The molecule has 0 atom stereocenters. The van der Waals surface area contributed by atoms with Crippen molar-refractivity contribution in [3.8, 4) is 17.4 Å². The van der Waals surface area contributed by atoms with E-state index in [1.54, 1.807) is 18.3 Å². The number of benzene rings is 1. The van der Waals surface area contributed by atoms with Crippen molar-refractivity contribution in [1.82, 2.24) is 5.16 Å². The molecular formula is C10H5BrN2O. The molecule has 0 N–H and O–H groups in total. The Balaban J connectivity index is 2.53. The molecule has 0 radical (unpaired) electrons. The Labute approximate surface area is 89.1 Å². The summed E-state index contributed by atoms with van der Waals surface area (Å²) in [6.07, 6.45) is 1.58. The van der Waals surface area contributed by atoms with Gasteiger partial charge in [0.05, 0.1) is 22.3 Å². The summed E-state index contributed by atoms with van der Waals surface area (Å²) in [5.41, 5.74) is 1.44. The summed E-state index contributed by atoms with van der Waals surface area (Å²) in [4.78, 5) is 0. The second kappa shape index (κ2) is 3.64. The van der Waals surface area contributed by atoms with Gasteiger partial charge in [0.1, 0.15) is 0 Å². The summed E-state index contributed by atoms with van der Waals surface area (Å²) in [5, 5.41) is 12.4. The summed E-state index contributed by atoms with van der Waals surface area (Å²) in [6, 6.07) is 9.25. The monoisotopic (exact) mass is 248 g/mol. The molecule has 14 heavy (non-hydrogen) atoms. The third-order valence-corrected chi connectivity index (χ3v) is 2.35. The minimum atomic E-state index is 0.603. The van der Waals surface area contributed by atoms with E-state index in [1.165, 1.54) is 0 Å². The number of aromatic nitrogens is 1. The Morgan fingerprint density at radius 2 is 2.29 bits per heavy atom. The zero-order valence-electron chi connectivity index (χ0n) is 7.07. The van der Waals surface area contributed by atoms with Crippen molar-refractivity contribution in [3.63, 3.8) is 0 Å². The lowest BCUT2D eigenvalue weighted by Crippen LogP contribution is -1.77. The maximum absolute atomic E-state index is 8.72. The Hall–Kier alpha value is -1.60. The molecular weight excluding hydrogens is 244 g/mol. The van der Waals surface area contributed by atoms with Crippen LogP contribution in [-0.2, 0) is 0 Å². The first-order chi connectivity index (χ1) is 6.81. The molecule has 3 nitrogen and oxygen atoms in total. The molecule has 2 aromatic rings. The molecule has 0 saturated carbocycles. The number of halogens is 1. The Bertz CT molecular complexity index is 499. The second-order valence-corrected chi connectivity index (χ2v) is 3.55. The molecule has 1 heterocycles. The summed E-state index contributed by atoms with van der Waals surface area (Å²) in [7, 11) is 0. The van der Waals surface area contributed by atoms with E-state index < -0.39 is 0 Å². The first-order valence-corrected chi connectivity index (χ1v) is 4.71. The van der Waals surface area contributed by atoms with E-state index in [0.717, 1.165) is 10.0 Å². The van der Waals surface area contributed by atoms with Gasteiger partial charge in [-0.05, 0) is 28.1 Å². The van der Waals surface area contributed by atoms with E-state index in [9.17, 15) is 0 Å². The predicted molar refractivity (Wildman–Crippen MR) is 54.4 cm³/mol. The third kappa shape index (κ3) is 1.54. The quantitative estimate of drug-likeness (QED) is 0.780. The van der Waals surface area contributed by atoms with Gasteiger partial charge in [0, 0.05) is 5.56 Å². The fourth-order valence-corrected chi connectivity index (χ4v) is 1.53. The normalized spacial score (nSPS) is 9.71. The van der Waals surface area contributed by atoms with Crippen molar-refractivity contribution in [2.45, 2.75) is 0 Å². The molecule has 0 saturated heterocycles. The number of nitrogens with zero attached hydrogens (tertiary/aromatic N) is 2. The number of rotatable bonds is 1. The molecule has 4 heteroatoms. The van der Waals surface area contributed by atoms with Gasteiger partial charge in [-0.25, -0.2) is 0 Å². The van der Waals surface area contributed by atoms with E-state index in [4.69, 9.17) is 9.78 Å². The highest BCUT2D eigenvalue weighted by Crippen LogP contribution is 2.27. The van der Waals surface area contributed by atoms with Gasteiger partial charge in [0.25, 0.3) is 0 Å². The van der Waals surface area contributed by atoms with E-state index in [-0.39, 0.29) is 0 Å². The highest BCUT2D eigenvalue weighted by Gasteiger charge is 2.08. The van der Waals surface area contributed by atoms with Crippen LogP contribution >= 0.6 is 15.9 Å². The molecule has 0 bridgehead atoms. The second-order valence-electron chi connectivity index (χ2n) is 2.70. The SMILES string of the molecule is N#Cc1cccc(-c2oncc2Br)c1.